The van der Waals surface area contributed by atoms with E-state index >= 15 is 0 Å². The maximum atomic E-state index is 13.6. The van der Waals surface area contributed by atoms with E-state index in [4.69, 9.17) is 10.1 Å². The summed E-state index contributed by atoms with van der Waals surface area (Å²) in [5.41, 5.74) is -0.935. The number of halogens is 2. The number of carbonyl (C=O) groups excluding carboxylic acids is 1. The predicted molar refractivity (Wildman–Crippen MR) is 97.9 cm³/mol. The van der Waals surface area contributed by atoms with Crippen molar-refractivity contribution in [1.29, 1.82) is 5.41 Å². The van der Waals surface area contributed by atoms with Gasteiger partial charge in [0.2, 0.25) is 0 Å². The minimum absolute atomic E-state index is 0.0998. The number of nitrogens with zero attached hydrogens (tertiary/aromatic N) is 1. The molecular formula is C18H25BrFN3O2. The molecule has 0 spiro atoms. The Labute approximate surface area is 156 Å². The van der Waals surface area contributed by atoms with E-state index in [1.165, 1.54) is 30.2 Å². The van der Waals surface area contributed by atoms with Crippen molar-refractivity contribution in [2.24, 2.45) is 5.92 Å². The lowest BCUT2D eigenvalue weighted by molar-refractivity contribution is -0.132. The van der Waals surface area contributed by atoms with Gasteiger partial charge in [-0.15, -0.1) is 0 Å². The lowest BCUT2D eigenvalue weighted by Crippen LogP contribution is -2.52. The Hall–Kier alpha value is -1.37. The van der Waals surface area contributed by atoms with Crippen molar-refractivity contribution >= 4 is 27.8 Å². The molecule has 1 unspecified atom stereocenters. The Morgan fingerprint density at radius 1 is 1.40 bits per heavy atom. The summed E-state index contributed by atoms with van der Waals surface area (Å²) < 4.78 is 20.3. The molecule has 1 amide bonds. The fourth-order valence-electron chi connectivity index (χ4n) is 3.93. The number of ether oxygens (including phenoxy) is 1. The van der Waals surface area contributed by atoms with E-state index < -0.39 is 5.54 Å². The standard InChI is InChI=1S/C18H25BrFN3O2/c1-23-16(24)18(22-17(23)21,10-12-5-3-2-4-6-12)11-25-15-9-13(20)7-8-14(15)19/h9,12H,2-8,10-11H2,1H3,(H2,21,22). The minimum atomic E-state index is -0.935. The molecule has 7 heteroatoms. The highest BCUT2D eigenvalue weighted by molar-refractivity contribution is 9.11. The quantitative estimate of drug-likeness (QED) is 0.716. The van der Waals surface area contributed by atoms with Crippen LogP contribution in [0.1, 0.15) is 51.4 Å². The molecule has 5 nitrogen and oxygen atoms in total. The van der Waals surface area contributed by atoms with Crippen molar-refractivity contribution in [2.45, 2.75) is 56.9 Å². The number of guanidine groups is 1. The first-order valence-electron chi connectivity index (χ1n) is 8.94. The summed E-state index contributed by atoms with van der Waals surface area (Å²) in [6.07, 6.45) is 8.80. The van der Waals surface area contributed by atoms with Crippen molar-refractivity contribution < 1.29 is 13.9 Å². The zero-order valence-electron chi connectivity index (χ0n) is 14.5. The van der Waals surface area contributed by atoms with Crippen LogP contribution in [0.15, 0.2) is 22.1 Å². The molecule has 2 aliphatic carbocycles. The predicted octanol–water partition coefficient (Wildman–Crippen LogP) is 3.96. The molecule has 138 valence electrons. The normalized spacial score (nSPS) is 28.3. The monoisotopic (exact) mass is 413 g/mol. The Balaban J connectivity index is 1.77. The molecular weight excluding hydrogens is 389 g/mol. The minimum Gasteiger partial charge on any atom is -0.490 e. The Bertz CT molecular complexity index is 628. The van der Waals surface area contributed by atoms with E-state index in [1.807, 2.05) is 0 Å². The molecule has 3 rings (SSSR count). The summed E-state index contributed by atoms with van der Waals surface area (Å²) in [4.78, 5) is 14.2. The van der Waals surface area contributed by atoms with Crippen molar-refractivity contribution in [3.05, 3.63) is 22.1 Å². The van der Waals surface area contributed by atoms with Gasteiger partial charge in [0.05, 0.1) is 0 Å². The van der Waals surface area contributed by atoms with Crippen LogP contribution < -0.4 is 5.32 Å². The van der Waals surface area contributed by atoms with Crippen molar-refractivity contribution in [3.63, 3.8) is 0 Å². The lowest BCUT2D eigenvalue weighted by Gasteiger charge is -2.33. The third-order valence-electron chi connectivity index (χ3n) is 5.38. The van der Waals surface area contributed by atoms with E-state index in [1.54, 1.807) is 7.05 Å². The van der Waals surface area contributed by atoms with E-state index in [0.717, 1.165) is 17.3 Å². The number of hydrogen-bond acceptors (Lipinski definition) is 3. The first-order chi connectivity index (χ1) is 11.9. The second-order valence-electron chi connectivity index (χ2n) is 7.28. The number of amides is 1. The molecule has 0 radical (unpaired) electrons. The topological polar surface area (TPSA) is 65.4 Å². The van der Waals surface area contributed by atoms with Gasteiger partial charge < -0.3 is 10.1 Å². The maximum absolute atomic E-state index is 13.6. The molecule has 0 bridgehead atoms. The van der Waals surface area contributed by atoms with Gasteiger partial charge in [-0.2, -0.15) is 0 Å². The number of carbonyl (C=O) groups is 1. The molecule has 0 aromatic rings. The van der Waals surface area contributed by atoms with Crippen molar-refractivity contribution in [3.8, 4) is 0 Å². The molecule has 1 saturated carbocycles. The lowest BCUT2D eigenvalue weighted by atomic mass is 9.79. The first kappa shape index (κ1) is 18.4. The van der Waals surface area contributed by atoms with Crippen LogP contribution >= 0.6 is 15.9 Å². The number of likely N-dealkylation sites (N-methyl/N-ethyl adjacent to an activating group) is 1. The highest BCUT2D eigenvalue weighted by atomic mass is 79.9. The van der Waals surface area contributed by atoms with E-state index in [-0.39, 0.29) is 24.3 Å². The van der Waals surface area contributed by atoms with Gasteiger partial charge in [0.1, 0.15) is 18.2 Å². The van der Waals surface area contributed by atoms with Gasteiger partial charge in [0.25, 0.3) is 5.91 Å². The fourth-order valence-corrected chi connectivity index (χ4v) is 4.36. The van der Waals surface area contributed by atoms with Gasteiger partial charge in [-0.25, -0.2) is 4.39 Å². The average Bonchev–Trinajstić information content (AvgIpc) is 2.81. The molecule has 0 aromatic heterocycles. The van der Waals surface area contributed by atoms with Crippen LogP contribution in [0.2, 0.25) is 0 Å². The van der Waals surface area contributed by atoms with Crippen molar-refractivity contribution in [2.75, 3.05) is 13.7 Å². The Morgan fingerprint density at radius 3 is 2.76 bits per heavy atom. The second-order valence-corrected chi connectivity index (χ2v) is 8.23. The van der Waals surface area contributed by atoms with Gasteiger partial charge in [-0.3, -0.25) is 15.1 Å². The summed E-state index contributed by atoms with van der Waals surface area (Å²) in [5.74, 6) is 0.643. The van der Waals surface area contributed by atoms with Crippen LogP contribution in [0, 0.1) is 11.3 Å². The van der Waals surface area contributed by atoms with E-state index in [0.29, 0.717) is 30.9 Å². The summed E-state index contributed by atoms with van der Waals surface area (Å²) in [6.45, 7) is 0.100. The number of hydrogen-bond donors (Lipinski definition) is 2. The Morgan fingerprint density at radius 2 is 2.12 bits per heavy atom. The number of nitrogens with one attached hydrogen (secondary N) is 2. The van der Waals surface area contributed by atoms with E-state index in [2.05, 4.69) is 21.2 Å². The number of allylic oxidation sites excluding steroid dienone is 3. The van der Waals surface area contributed by atoms with Gasteiger partial charge in [0.15, 0.2) is 11.5 Å². The molecule has 1 aliphatic heterocycles. The van der Waals surface area contributed by atoms with Gasteiger partial charge in [0, 0.05) is 24.0 Å². The summed E-state index contributed by atoms with van der Waals surface area (Å²) >= 11 is 3.43. The first-order valence-corrected chi connectivity index (χ1v) is 9.73. The fraction of sp³-hybridized carbons (Fsp3) is 0.667. The molecule has 2 N–H and O–H groups in total. The highest BCUT2D eigenvalue weighted by Gasteiger charge is 2.50. The summed E-state index contributed by atoms with van der Waals surface area (Å²) in [5, 5.41) is 11.1. The maximum Gasteiger partial charge on any atom is 0.258 e. The van der Waals surface area contributed by atoms with Crippen LogP contribution in [-0.2, 0) is 9.53 Å². The largest absolute Gasteiger partial charge is 0.490 e. The molecule has 2 fully saturated rings. The van der Waals surface area contributed by atoms with Gasteiger partial charge in [-0.05, 0) is 18.8 Å². The zero-order chi connectivity index (χ0) is 18.0. The summed E-state index contributed by atoms with van der Waals surface area (Å²) in [7, 11) is 1.61. The third-order valence-corrected chi connectivity index (χ3v) is 6.17. The van der Waals surface area contributed by atoms with Gasteiger partial charge >= 0.3 is 0 Å². The molecule has 1 atom stereocenters. The van der Waals surface area contributed by atoms with Crippen LogP contribution in [0.3, 0.4) is 0 Å². The molecule has 25 heavy (non-hydrogen) atoms. The van der Waals surface area contributed by atoms with Crippen LogP contribution in [0.25, 0.3) is 0 Å². The van der Waals surface area contributed by atoms with Gasteiger partial charge in [-0.1, -0.05) is 48.0 Å². The number of rotatable bonds is 5. The highest BCUT2D eigenvalue weighted by Crippen LogP contribution is 2.35. The SMILES string of the molecule is CN1C(=N)NC(COC2=C(Br)CCC(F)=C2)(CC2CCCCC2)C1=O. The summed E-state index contributed by atoms with van der Waals surface area (Å²) in [6, 6.07) is 0. The van der Waals surface area contributed by atoms with Crippen LogP contribution in [-0.4, -0.2) is 36.0 Å². The molecule has 1 heterocycles. The van der Waals surface area contributed by atoms with Crippen LogP contribution in [0.4, 0.5) is 4.39 Å². The average molecular weight is 414 g/mol. The smallest absolute Gasteiger partial charge is 0.258 e. The van der Waals surface area contributed by atoms with Crippen molar-refractivity contribution in [1.82, 2.24) is 10.2 Å². The second kappa shape index (κ2) is 7.48. The molecule has 0 aromatic carbocycles. The third kappa shape index (κ3) is 3.91. The van der Waals surface area contributed by atoms with E-state index in [9.17, 15) is 9.18 Å². The molecule has 3 aliphatic rings. The van der Waals surface area contributed by atoms with Crippen LogP contribution in [0.5, 0.6) is 0 Å². The molecule has 1 saturated heterocycles. The Kier molecular flexibility index (Phi) is 5.51. The zero-order valence-corrected chi connectivity index (χ0v) is 16.1.